The minimum atomic E-state index is -0.240. The standard InChI is InChI=1S/C8H10.C7H7FO/c1-2-8-6-4-3-5-7-8;1-9-7-4-2-6(8)3-5-7/h3-7H,2H2,1H3;2-5H,1H3. The second kappa shape index (κ2) is 7.44. The lowest BCUT2D eigenvalue weighted by Gasteiger charge is -1.95. The number of hydrogen-bond acceptors (Lipinski definition) is 1. The maximum Gasteiger partial charge on any atom is 0.123 e. The number of halogens is 1. The molecule has 0 radical (unpaired) electrons. The van der Waals surface area contributed by atoms with E-state index in [1.165, 1.54) is 17.7 Å². The van der Waals surface area contributed by atoms with E-state index >= 15 is 0 Å². The van der Waals surface area contributed by atoms with Gasteiger partial charge in [-0.15, -0.1) is 0 Å². The summed E-state index contributed by atoms with van der Waals surface area (Å²) in [5.41, 5.74) is 1.41. The molecule has 2 rings (SSSR count). The number of aryl methyl sites for hydroxylation is 1. The lowest BCUT2D eigenvalue weighted by atomic mass is 10.2. The van der Waals surface area contributed by atoms with Gasteiger partial charge in [0, 0.05) is 0 Å². The van der Waals surface area contributed by atoms with Crippen LogP contribution in [0.3, 0.4) is 0 Å². The van der Waals surface area contributed by atoms with Crippen molar-refractivity contribution < 1.29 is 9.13 Å². The molecular weight excluding hydrogens is 215 g/mol. The number of rotatable bonds is 2. The lowest BCUT2D eigenvalue weighted by Crippen LogP contribution is -1.80. The van der Waals surface area contributed by atoms with Crippen LogP contribution in [0.1, 0.15) is 12.5 Å². The van der Waals surface area contributed by atoms with E-state index in [4.69, 9.17) is 4.74 Å². The summed E-state index contributed by atoms with van der Waals surface area (Å²) in [5, 5.41) is 0. The number of ether oxygens (including phenoxy) is 1. The molecule has 2 aromatic rings. The van der Waals surface area contributed by atoms with Crippen LogP contribution < -0.4 is 4.74 Å². The molecule has 0 aliphatic rings. The highest BCUT2D eigenvalue weighted by molar-refractivity contribution is 5.21. The summed E-state index contributed by atoms with van der Waals surface area (Å²) in [6.45, 7) is 2.16. The summed E-state index contributed by atoms with van der Waals surface area (Å²) in [5.74, 6) is 0.437. The molecule has 0 aliphatic carbocycles. The highest BCUT2D eigenvalue weighted by atomic mass is 19.1. The van der Waals surface area contributed by atoms with E-state index < -0.39 is 0 Å². The molecule has 0 heterocycles. The van der Waals surface area contributed by atoms with Crippen molar-refractivity contribution in [2.24, 2.45) is 0 Å². The predicted octanol–water partition coefficient (Wildman–Crippen LogP) is 4.08. The Balaban J connectivity index is 0.000000171. The zero-order valence-electron chi connectivity index (χ0n) is 10.2. The average molecular weight is 232 g/mol. The molecule has 0 unspecified atom stereocenters. The summed E-state index contributed by atoms with van der Waals surface area (Å²) < 4.78 is 17.0. The molecule has 0 spiro atoms. The maximum absolute atomic E-state index is 12.2. The first-order valence-electron chi connectivity index (χ1n) is 5.59. The summed E-state index contributed by atoms with van der Waals surface area (Å²) >= 11 is 0. The van der Waals surface area contributed by atoms with Crippen LogP contribution in [0.2, 0.25) is 0 Å². The van der Waals surface area contributed by atoms with Crippen molar-refractivity contribution >= 4 is 0 Å². The van der Waals surface area contributed by atoms with Crippen LogP contribution in [0.5, 0.6) is 5.75 Å². The van der Waals surface area contributed by atoms with Gasteiger partial charge in [0.1, 0.15) is 11.6 Å². The van der Waals surface area contributed by atoms with Crippen LogP contribution >= 0.6 is 0 Å². The first kappa shape index (κ1) is 13.2. The van der Waals surface area contributed by atoms with Gasteiger partial charge in [0.25, 0.3) is 0 Å². The third-order valence-electron chi connectivity index (χ3n) is 2.30. The van der Waals surface area contributed by atoms with Gasteiger partial charge in [-0.25, -0.2) is 4.39 Å². The SMILES string of the molecule is CCc1ccccc1.COc1ccc(F)cc1. The maximum atomic E-state index is 12.2. The van der Waals surface area contributed by atoms with E-state index in [9.17, 15) is 4.39 Å². The van der Waals surface area contributed by atoms with Crippen molar-refractivity contribution in [3.63, 3.8) is 0 Å². The average Bonchev–Trinajstić information content (AvgIpc) is 2.41. The van der Waals surface area contributed by atoms with E-state index in [-0.39, 0.29) is 5.82 Å². The number of methoxy groups -OCH3 is 1. The summed E-state index contributed by atoms with van der Waals surface area (Å²) in [6, 6.07) is 16.3. The number of hydrogen-bond donors (Lipinski definition) is 0. The minimum absolute atomic E-state index is 0.240. The van der Waals surface area contributed by atoms with E-state index in [1.807, 2.05) is 6.07 Å². The molecule has 0 aromatic heterocycles. The van der Waals surface area contributed by atoms with Crippen LogP contribution in [-0.4, -0.2) is 7.11 Å². The Labute approximate surface area is 102 Å². The summed E-state index contributed by atoms with van der Waals surface area (Å²) in [6.07, 6.45) is 1.14. The van der Waals surface area contributed by atoms with Crippen LogP contribution in [0.4, 0.5) is 4.39 Å². The van der Waals surface area contributed by atoms with Gasteiger partial charge in [0.15, 0.2) is 0 Å². The Bertz CT molecular complexity index is 409. The molecule has 0 atom stereocenters. The van der Waals surface area contributed by atoms with Gasteiger partial charge in [-0.05, 0) is 36.2 Å². The lowest BCUT2D eigenvalue weighted by molar-refractivity contribution is 0.413. The minimum Gasteiger partial charge on any atom is -0.497 e. The van der Waals surface area contributed by atoms with Crippen LogP contribution in [0.15, 0.2) is 54.6 Å². The summed E-state index contributed by atoms with van der Waals surface area (Å²) in [7, 11) is 1.55. The second-order valence-electron chi connectivity index (χ2n) is 3.50. The molecule has 1 nitrogen and oxygen atoms in total. The molecule has 0 amide bonds. The van der Waals surface area contributed by atoms with Crippen molar-refractivity contribution in [3.05, 3.63) is 66.0 Å². The molecule has 0 saturated carbocycles. The zero-order chi connectivity index (χ0) is 12.5. The van der Waals surface area contributed by atoms with Crippen LogP contribution in [0.25, 0.3) is 0 Å². The molecule has 2 aromatic carbocycles. The fraction of sp³-hybridized carbons (Fsp3) is 0.200. The van der Waals surface area contributed by atoms with E-state index in [0.29, 0.717) is 5.75 Å². The third-order valence-corrected chi connectivity index (χ3v) is 2.30. The van der Waals surface area contributed by atoms with Crippen LogP contribution in [0, 0.1) is 5.82 Å². The largest absolute Gasteiger partial charge is 0.497 e. The van der Waals surface area contributed by atoms with Gasteiger partial charge >= 0.3 is 0 Å². The van der Waals surface area contributed by atoms with Gasteiger partial charge in [-0.1, -0.05) is 37.3 Å². The van der Waals surface area contributed by atoms with Gasteiger partial charge in [-0.3, -0.25) is 0 Å². The van der Waals surface area contributed by atoms with Gasteiger partial charge in [0.05, 0.1) is 7.11 Å². The Morgan fingerprint density at radius 1 is 0.941 bits per heavy atom. The molecular formula is C15H17FO. The van der Waals surface area contributed by atoms with Gasteiger partial charge in [-0.2, -0.15) is 0 Å². The molecule has 0 aliphatic heterocycles. The fourth-order valence-corrected chi connectivity index (χ4v) is 1.28. The Hall–Kier alpha value is -1.83. The van der Waals surface area contributed by atoms with Gasteiger partial charge in [0.2, 0.25) is 0 Å². The Morgan fingerprint density at radius 2 is 1.53 bits per heavy atom. The Morgan fingerprint density at radius 3 is 1.94 bits per heavy atom. The molecule has 2 heteroatoms. The predicted molar refractivity (Wildman–Crippen MR) is 68.8 cm³/mol. The zero-order valence-corrected chi connectivity index (χ0v) is 10.2. The molecule has 0 fully saturated rings. The van der Waals surface area contributed by atoms with E-state index in [1.54, 1.807) is 19.2 Å². The first-order valence-corrected chi connectivity index (χ1v) is 5.59. The van der Waals surface area contributed by atoms with E-state index in [2.05, 4.69) is 31.2 Å². The van der Waals surface area contributed by atoms with Crippen molar-refractivity contribution in [2.45, 2.75) is 13.3 Å². The number of benzene rings is 2. The van der Waals surface area contributed by atoms with Crippen molar-refractivity contribution in [1.82, 2.24) is 0 Å². The highest BCUT2D eigenvalue weighted by Gasteiger charge is 1.88. The van der Waals surface area contributed by atoms with Gasteiger partial charge < -0.3 is 4.74 Å². The molecule has 17 heavy (non-hydrogen) atoms. The smallest absolute Gasteiger partial charge is 0.123 e. The summed E-state index contributed by atoms with van der Waals surface area (Å²) in [4.78, 5) is 0. The van der Waals surface area contributed by atoms with Crippen LogP contribution in [-0.2, 0) is 6.42 Å². The monoisotopic (exact) mass is 232 g/mol. The topological polar surface area (TPSA) is 9.23 Å². The van der Waals surface area contributed by atoms with E-state index in [0.717, 1.165) is 6.42 Å². The quantitative estimate of drug-likeness (QED) is 0.758. The third kappa shape index (κ3) is 5.16. The second-order valence-corrected chi connectivity index (χ2v) is 3.50. The first-order chi connectivity index (χ1) is 8.26. The Kier molecular flexibility index (Phi) is 5.80. The molecule has 0 N–H and O–H groups in total. The van der Waals surface area contributed by atoms with Crippen molar-refractivity contribution in [1.29, 1.82) is 0 Å². The highest BCUT2D eigenvalue weighted by Crippen LogP contribution is 2.09. The molecule has 0 saturated heterocycles. The fourth-order valence-electron chi connectivity index (χ4n) is 1.28. The van der Waals surface area contributed by atoms with Crippen molar-refractivity contribution in [3.8, 4) is 5.75 Å². The normalized spacial score (nSPS) is 9.12. The molecule has 0 bridgehead atoms. The molecule has 90 valence electrons. The van der Waals surface area contributed by atoms with Crippen molar-refractivity contribution in [2.75, 3.05) is 7.11 Å².